The molecule has 9 heteroatoms. The van der Waals surface area contributed by atoms with Crippen molar-refractivity contribution in [3.05, 3.63) is 101 Å². The molecule has 0 radical (unpaired) electrons. The van der Waals surface area contributed by atoms with E-state index in [0.717, 1.165) is 18.1 Å². The molecule has 206 valence electrons. The number of aliphatic hydroxyl groups is 2. The fourth-order valence-corrected chi connectivity index (χ4v) is 3.70. The smallest absolute Gasteiger partial charge is 0.300 e. The Kier molecular flexibility index (Phi) is 12.3. The Morgan fingerprint density at radius 1 is 1.03 bits per heavy atom. The van der Waals surface area contributed by atoms with Crippen LogP contribution in [-0.2, 0) is 35.1 Å². The number of alkyl halides is 2. The molecule has 3 rings (SSSR count). The summed E-state index contributed by atoms with van der Waals surface area (Å²) in [7, 11) is 0. The second-order valence-corrected chi connectivity index (χ2v) is 8.98. The number of phenols is 1. The minimum Gasteiger partial charge on any atom is -0.508 e. The van der Waals surface area contributed by atoms with Crippen LogP contribution in [-0.4, -0.2) is 45.6 Å². The number of aliphatic hydroxyl groups excluding tert-OH is 2. The molecule has 38 heavy (non-hydrogen) atoms. The third-order valence-corrected chi connectivity index (χ3v) is 5.60. The fraction of sp³-hybridized carbons (Fsp3) is 0.345. The summed E-state index contributed by atoms with van der Waals surface area (Å²) in [6.07, 6.45) is -0.113. The average molecular weight is 532 g/mol. The molecule has 3 aromatic carbocycles. The molecule has 0 unspecified atom stereocenters. The number of aromatic hydroxyl groups is 1. The highest BCUT2D eigenvalue weighted by molar-refractivity contribution is 5.62. The number of rotatable bonds is 12. The maximum atomic E-state index is 14.3. The molecule has 0 saturated carbocycles. The van der Waals surface area contributed by atoms with Crippen LogP contribution in [0, 0.1) is 0 Å². The van der Waals surface area contributed by atoms with E-state index in [0.29, 0.717) is 24.1 Å². The third-order valence-electron chi connectivity index (χ3n) is 5.60. The van der Waals surface area contributed by atoms with Gasteiger partial charge in [0.1, 0.15) is 12.4 Å². The van der Waals surface area contributed by atoms with E-state index in [1.807, 2.05) is 31.2 Å². The minimum absolute atomic E-state index is 0.00702. The lowest BCUT2D eigenvalue weighted by Crippen LogP contribution is -2.32. The molecule has 0 amide bonds. The molecule has 0 saturated heterocycles. The first-order chi connectivity index (χ1) is 18.0. The van der Waals surface area contributed by atoms with Gasteiger partial charge in [0, 0.05) is 30.6 Å². The zero-order valence-electron chi connectivity index (χ0n) is 21.5. The van der Waals surface area contributed by atoms with Gasteiger partial charge in [-0.25, -0.2) is 0 Å². The summed E-state index contributed by atoms with van der Waals surface area (Å²) in [6, 6.07) is 20.0. The van der Waals surface area contributed by atoms with Gasteiger partial charge in [-0.05, 0) is 42.2 Å². The number of carboxylic acid groups (broad SMARTS) is 1. The summed E-state index contributed by atoms with van der Waals surface area (Å²) in [4.78, 5) is 9.00. The van der Waals surface area contributed by atoms with Crippen LogP contribution in [0.2, 0.25) is 0 Å². The molecule has 0 aliphatic rings. The highest BCUT2D eigenvalue weighted by Gasteiger charge is 2.31. The van der Waals surface area contributed by atoms with Crippen molar-refractivity contribution >= 4 is 5.97 Å². The number of halogens is 2. The Morgan fingerprint density at radius 3 is 2.34 bits per heavy atom. The van der Waals surface area contributed by atoms with Crippen LogP contribution >= 0.6 is 0 Å². The van der Waals surface area contributed by atoms with Crippen molar-refractivity contribution in [2.24, 2.45) is 0 Å². The number of carbonyl (C=O) groups is 1. The molecule has 5 N–H and O–H groups in total. The number of aliphatic carboxylic acids is 1. The predicted octanol–water partition coefficient (Wildman–Crippen LogP) is 4.54. The van der Waals surface area contributed by atoms with Crippen molar-refractivity contribution < 1.29 is 38.7 Å². The Balaban J connectivity index is 0.00000118. The van der Waals surface area contributed by atoms with Gasteiger partial charge in [-0.2, -0.15) is 8.78 Å². The van der Waals surface area contributed by atoms with Crippen molar-refractivity contribution in [2.45, 2.75) is 51.6 Å². The second kappa shape index (κ2) is 15.1. The Hall–Kier alpha value is -3.37. The quantitative estimate of drug-likeness (QED) is 0.233. The van der Waals surface area contributed by atoms with Gasteiger partial charge in [-0.3, -0.25) is 4.79 Å². The van der Waals surface area contributed by atoms with Crippen molar-refractivity contribution in [2.75, 3.05) is 13.2 Å². The first-order valence-electron chi connectivity index (χ1n) is 12.1. The highest BCUT2D eigenvalue weighted by Crippen LogP contribution is 2.28. The fourth-order valence-electron chi connectivity index (χ4n) is 3.70. The van der Waals surface area contributed by atoms with Crippen LogP contribution in [0.1, 0.15) is 47.8 Å². The molecule has 7 nitrogen and oxygen atoms in total. The van der Waals surface area contributed by atoms with Crippen LogP contribution in [0.3, 0.4) is 0 Å². The van der Waals surface area contributed by atoms with E-state index in [1.165, 1.54) is 18.2 Å². The van der Waals surface area contributed by atoms with Gasteiger partial charge in [-0.1, -0.05) is 60.7 Å². The van der Waals surface area contributed by atoms with Gasteiger partial charge in [-0.15, -0.1) is 0 Å². The van der Waals surface area contributed by atoms with E-state index in [9.17, 15) is 24.1 Å². The molecule has 0 aliphatic carbocycles. The van der Waals surface area contributed by atoms with Gasteiger partial charge in [0.25, 0.3) is 11.9 Å². The Labute approximate surface area is 221 Å². The first kappa shape index (κ1) is 30.9. The topological polar surface area (TPSA) is 119 Å². The standard InChI is InChI=1S/C27H31F2NO4.C2H4O2/c1-19(30-15-26(33)22-10-11-25(32)23(14-22)16-31)12-20-6-5-7-21(13-20)17-34-18-27(28,29)24-8-3-2-4-9-24;1-2(3)4/h2-11,13-14,19,26,30-33H,12,15-18H2,1H3;1H3,(H,3,4)/t19-,26+;/m1./s1. The molecule has 2 atom stereocenters. The van der Waals surface area contributed by atoms with Crippen LogP contribution in [0.15, 0.2) is 72.8 Å². The van der Waals surface area contributed by atoms with Gasteiger partial charge in [0.2, 0.25) is 0 Å². The molecule has 0 heterocycles. The van der Waals surface area contributed by atoms with Crippen LogP contribution in [0.25, 0.3) is 0 Å². The number of hydrogen-bond donors (Lipinski definition) is 5. The van der Waals surface area contributed by atoms with Crippen molar-refractivity contribution in [3.63, 3.8) is 0 Å². The van der Waals surface area contributed by atoms with Gasteiger partial charge in [0.15, 0.2) is 0 Å². The van der Waals surface area contributed by atoms with Gasteiger partial charge in [0.05, 0.1) is 19.3 Å². The molecular weight excluding hydrogens is 496 g/mol. The van der Waals surface area contributed by atoms with E-state index in [1.54, 1.807) is 30.3 Å². The lowest BCUT2D eigenvalue weighted by Gasteiger charge is -2.19. The van der Waals surface area contributed by atoms with Crippen LogP contribution in [0.5, 0.6) is 5.75 Å². The summed E-state index contributed by atoms with van der Waals surface area (Å²) in [6.45, 7) is 2.47. The number of ether oxygens (including phenoxy) is 1. The normalized spacial score (nSPS) is 12.8. The zero-order chi connectivity index (χ0) is 28.1. The van der Waals surface area contributed by atoms with E-state index >= 15 is 0 Å². The largest absolute Gasteiger partial charge is 0.508 e. The predicted molar refractivity (Wildman–Crippen MR) is 140 cm³/mol. The van der Waals surface area contributed by atoms with Crippen LogP contribution in [0.4, 0.5) is 8.78 Å². The number of carboxylic acids is 1. The highest BCUT2D eigenvalue weighted by atomic mass is 19.3. The second-order valence-electron chi connectivity index (χ2n) is 8.98. The minimum atomic E-state index is -3.05. The van der Waals surface area contributed by atoms with Gasteiger partial charge >= 0.3 is 0 Å². The van der Waals surface area contributed by atoms with Crippen LogP contribution < -0.4 is 5.32 Å². The molecule has 0 aromatic heterocycles. The Bertz CT molecular complexity index is 1140. The van der Waals surface area contributed by atoms with Crippen molar-refractivity contribution in [1.82, 2.24) is 5.32 Å². The lowest BCUT2D eigenvalue weighted by molar-refractivity contribution is -0.134. The molecule has 0 bridgehead atoms. The number of benzene rings is 3. The summed E-state index contributed by atoms with van der Waals surface area (Å²) in [5.74, 6) is -3.89. The van der Waals surface area contributed by atoms with Gasteiger partial charge < -0.3 is 30.5 Å². The lowest BCUT2D eigenvalue weighted by atomic mass is 10.0. The first-order valence-corrected chi connectivity index (χ1v) is 12.1. The van der Waals surface area contributed by atoms with E-state index in [4.69, 9.17) is 14.6 Å². The molecule has 0 aliphatic heterocycles. The summed E-state index contributed by atoms with van der Waals surface area (Å²) in [5, 5.41) is 40.1. The summed E-state index contributed by atoms with van der Waals surface area (Å²) < 4.78 is 33.9. The SMILES string of the molecule is CC(=O)O.C[C@H](Cc1cccc(COCC(F)(F)c2ccccc2)c1)NC[C@H](O)c1ccc(O)c(CO)c1. The number of hydrogen-bond acceptors (Lipinski definition) is 6. The van der Waals surface area contributed by atoms with Crippen molar-refractivity contribution in [3.8, 4) is 5.75 Å². The maximum absolute atomic E-state index is 14.3. The monoisotopic (exact) mass is 531 g/mol. The maximum Gasteiger partial charge on any atom is 0.300 e. The molecule has 0 spiro atoms. The third kappa shape index (κ3) is 10.5. The van der Waals surface area contributed by atoms with E-state index < -0.39 is 24.6 Å². The molecule has 0 fully saturated rings. The number of nitrogens with one attached hydrogen (secondary N) is 1. The van der Waals surface area contributed by atoms with E-state index in [2.05, 4.69) is 5.32 Å². The summed E-state index contributed by atoms with van der Waals surface area (Å²) >= 11 is 0. The summed E-state index contributed by atoms with van der Waals surface area (Å²) in [5.41, 5.74) is 2.75. The Morgan fingerprint density at radius 2 is 1.68 bits per heavy atom. The average Bonchev–Trinajstić information content (AvgIpc) is 2.88. The van der Waals surface area contributed by atoms with E-state index in [-0.39, 0.29) is 30.6 Å². The molecular formula is C29H35F2NO6. The molecule has 3 aromatic rings. The zero-order valence-corrected chi connectivity index (χ0v) is 21.5. The van der Waals surface area contributed by atoms with Crippen molar-refractivity contribution in [1.29, 1.82) is 0 Å².